The minimum atomic E-state index is 0.226. The molecule has 66 valence electrons. The van der Waals surface area contributed by atoms with Gasteiger partial charge in [-0.2, -0.15) is 4.37 Å². The third-order valence-electron chi connectivity index (χ3n) is 1.11. The lowest BCUT2D eigenvalue weighted by atomic mass is 10.5. The van der Waals surface area contributed by atoms with Crippen molar-refractivity contribution in [1.82, 2.24) is 9.36 Å². The summed E-state index contributed by atoms with van der Waals surface area (Å²) < 4.78 is 4.99. The molecule has 0 aliphatic heterocycles. The van der Waals surface area contributed by atoms with E-state index in [0.29, 0.717) is 6.42 Å². The van der Waals surface area contributed by atoms with Crippen molar-refractivity contribution in [2.24, 2.45) is 5.73 Å². The van der Waals surface area contributed by atoms with Gasteiger partial charge in [0.1, 0.15) is 5.82 Å². The number of aromatic nitrogens is 2. The molecular weight excluding hydrogens is 192 g/mol. The smallest absolute Gasteiger partial charge is 0.170 e. The molecule has 1 aromatic heterocycles. The van der Waals surface area contributed by atoms with Gasteiger partial charge in [0, 0.05) is 12.2 Å². The van der Waals surface area contributed by atoms with Crippen LogP contribution >= 0.6 is 23.3 Å². The van der Waals surface area contributed by atoms with E-state index in [2.05, 4.69) is 9.36 Å². The average Bonchev–Trinajstić information content (AvgIpc) is 2.35. The zero-order chi connectivity index (χ0) is 8.97. The molecule has 0 saturated carbocycles. The van der Waals surface area contributed by atoms with Gasteiger partial charge in [0.05, 0.1) is 5.84 Å². The first-order valence-electron chi connectivity index (χ1n) is 3.44. The summed E-state index contributed by atoms with van der Waals surface area (Å²) in [6.07, 6.45) is 0.614. The van der Waals surface area contributed by atoms with Crippen LogP contribution in [0.4, 0.5) is 0 Å². The van der Waals surface area contributed by atoms with E-state index in [0.717, 1.165) is 15.9 Å². The van der Waals surface area contributed by atoms with Crippen LogP contribution in [0.5, 0.6) is 0 Å². The van der Waals surface area contributed by atoms with Crippen LogP contribution < -0.4 is 5.73 Å². The molecule has 0 aromatic carbocycles. The summed E-state index contributed by atoms with van der Waals surface area (Å²) in [5, 5.41) is 7.00. The average molecular weight is 202 g/mol. The first-order valence-corrected chi connectivity index (χ1v) is 5.20. The molecule has 1 heterocycles. The molecule has 1 rings (SSSR count). The molecule has 0 saturated heterocycles. The highest BCUT2D eigenvalue weighted by atomic mass is 32.2. The van der Waals surface area contributed by atoms with Crippen LogP contribution in [-0.2, 0) is 0 Å². The first kappa shape index (κ1) is 9.47. The van der Waals surface area contributed by atoms with E-state index in [4.69, 9.17) is 11.1 Å². The van der Waals surface area contributed by atoms with Crippen LogP contribution in [0.15, 0.2) is 4.34 Å². The molecule has 0 atom stereocenters. The number of thioether (sulfide) groups is 1. The highest BCUT2D eigenvalue weighted by molar-refractivity contribution is 8.00. The van der Waals surface area contributed by atoms with Crippen LogP contribution in [0.1, 0.15) is 12.2 Å². The summed E-state index contributed by atoms with van der Waals surface area (Å²) in [7, 11) is 0. The number of nitrogens with two attached hydrogens (primary N) is 1. The first-order chi connectivity index (χ1) is 5.68. The van der Waals surface area contributed by atoms with E-state index in [-0.39, 0.29) is 5.84 Å². The Kier molecular flexibility index (Phi) is 3.48. The van der Waals surface area contributed by atoms with Crippen molar-refractivity contribution in [1.29, 1.82) is 5.41 Å². The normalized spacial score (nSPS) is 10.1. The third-order valence-corrected chi connectivity index (χ3v) is 3.03. The maximum Gasteiger partial charge on any atom is 0.170 e. The number of hydrogen-bond donors (Lipinski definition) is 2. The molecule has 0 bridgehead atoms. The van der Waals surface area contributed by atoms with Crippen LogP contribution in [0.2, 0.25) is 0 Å². The summed E-state index contributed by atoms with van der Waals surface area (Å²) in [6, 6.07) is 0. The molecule has 1 aromatic rings. The highest BCUT2D eigenvalue weighted by Gasteiger charge is 2.00. The Balaban J connectivity index is 2.29. The number of hydrogen-bond acceptors (Lipinski definition) is 5. The van der Waals surface area contributed by atoms with Gasteiger partial charge in [0.25, 0.3) is 0 Å². The maximum absolute atomic E-state index is 7.00. The van der Waals surface area contributed by atoms with Crippen molar-refractivity contribution in [3.63, 3.8) is 0 Å². The van der Waals surface area contributed by atoms with Gasteiger partial charge in [-0.1, -0.05) is 11.8 Å². The zero-order valence-corrected chi connectivity index (χ0v) is 8.34. The van der Waals surface area contributed by atoms with Gasteiger partial charge in [-0.25, -0.2) is 4.98 Å². The second-order valence-electron chi connectivity index (χ2n) is 2.23. The minimum Gasteiger partial charge on any atom is -0.388 e. The Morgan fingerprint density at radius 2 is 2.50 bits per heavy atom. The molecular formula is C6H10N4S2. The molecule has 0 aliphatic rings. The lowest BCUT2D eigenvalue weighted by Crippen LogP contribution is -2.09. The molecule has 3 N–H and O–H groups in total. The van der Waals surface area contributed by atoms with E-state index in [1.54, 1.807) is 11.8 Å². The molecule has 12 heavy (non-hydrogen) atoms. The minimum absolute atomic E-state index is 0.226. The summed E-state index contributed by atoms with van der Waals surface area (Å²) in [5.74, 6) is 1.85. The van der Waals surface area contributed by atoms with Crippen molar-refractivity contribution >= 4 is 29.1 Å². The molecule has 0 aliphatic carbocycles. The van der Waals surface area contributed by atoms with Crippen molar-refractivity contribution in [2.45, 2.75) is 17.7 Å². The van der Waals surface area contributed by atoms with E-state index in [9.17, 15) is 0 Å². The lowest BCUT2D eigenvalue weighted by Gasteiger charge is -1.94. The van der Waals surface area contributed by atoms with Gasteiger partial charge < -0.3 is 5.73 Å². The highest BCUT2D eigenvalue weighted by Crippen LogP contribution is 2.19. The molecule has 4 nitrogen and oxygen atoms in total. The third kappa shape index (κ3) is 3.19. The van der Waals surface area contributed by atoms with Gasteiger partial charge in [-0.15, -0.1) is 0 Å². The fourth-order valence-corrected chi connectivity index (χ4v) is 2.27. The zero-order valence-electron chi connectivity index (χ0n) is 6.70. The Bertz CT molecular complexity index is 270. The Morgan fingerprint density at radius 1 is 1.75 bits per heavy atom. The number of rotatable bonds is 4. The Labute approximate surface area is 79.3 Å². The Hall–Kier alpha value is -0.620. The summed E-state index contributed by atoms with van der Waals surface area (Å²) >= 11 is 2.99. The lowest BCUT2D eigenvalue weighted by molar-refractivity contribution is 1.10. The number of nitrogens with zero attached hydrogens (tertiary/aromatic N) is 2. The van der Waals surface area contributed by atoms with Gasteiger partial charge in [0.2, 0.25) is 0 Å². The monoisotopic (exact) mass is 202 g/mol. The molecule has 0 spiro atoms. The fraction of sp³-hybridized carbons (Fsp3) is 0.500. The van der Waals surface area contributed by atoms with E-state index in [1.165, 1.54) is 11.5 Å². The van der Waals surface area contributed by atoms with Gasteiger partial charge in [0.15, 0.2) is 4.34 Å². The van der Waals surface area contributed by atoms with E-state index < -0.39 is 0 Å². The quantitative estimate of drug-likeness (QED) is 0.438. The van der Waals surface area contributed by atoms with E-state index in [1.807, 2.05) is 6.92 Å². The Morgan fingerprint density at radius 3 is 3.00 bits per heavy atom. The van der Waals surface area contributed by atoms with Crippen LogP contribution in [0.3, 0.4) is 0 Å². The van der Waals surface area contributed by atoms with Crippen molar-refractivity contribution < 1.29 is 0 Å². The van der Waals surface area contributed by atoms with Crippen molar-refractivity contribution in [3.05, 3.63) is 5.82 Å². The predicted molar refractivity (Wildman–Crippen MR) is 51.9 cm³/mol. The second kappa shape index (κ2) is 4.42. The SMILES string of the molecule is Cc1nsc(SCCC(=N)N)n1. The predicted octanol–water partition coefficient (Wildman–Crippen LogP) is 1.26. The maximum atomic E-state index is 7.00. The van der Waals surface area contributed by atoms with Crippen LogP contribution in [0.25, 0.3) is 0 Å². The van der Waals surface area contributed by atoms with Gasteiger partial charge >= 0.3 is 0 Å². The van der Waals surface area contributed by atoms with Crippen LogP contribution in [0, 0.1) is 12.3 Å². The topological polar surface area (TPSA) is 75.7 Å². The van der Waals surface area contributed by atoms with Crippen molar-refractivity contribution in [3.8, 4) is 0 Å². The summed E-state index contributed by atoms with van der Waals surface area (Å²) in [5.41, 5.74) is 5.20. The molecule has 6 heteroatoms. The summed E-state index contributed by atoms with van der Waals surface area (Å²) in [4.78, 5) is 4.17. The summed E-state index contributed by atoms with van der Waals surface area (Å²) in [6.45, 7) is 1.87. The molecule has 0 radical (unpaired) electrons. The number of nitrogens with one attached hydrogen (secondary N) is 1. The standard InChI is InChI=1S/C6H10N4S2/c1-4-9-6(12-10-4)11-3-2-5(7)8/h2-3H2,1H3,(H3,7,8). The van der Waals surface area contributed by atoms with E-state index >= 15 is 0 Å². The molecule has 0 unspecified atom stereocenters. The number of amidine groups is 1. The van der Waals surface area contributed by atoms with Crippen molar-refractivity contribution in [2.75, 3.05) is 5.75 Å². The fourth-order valence-electron chi connectivity index (χ4n) is 0.585. The number of aryl methyl sites for hydroxylation is 1. The van der Waals surface area contributed by atoms with Crippen LogP contribution in [-0.4, -0.2) is 20.9 Å². The van der Waals surface area contributed by atoms with Gasteiger partial charge in [-0.05, 0) is 18.5 Å². The largest absolute Gasteiger partial charge is 0.388 e. The second-order valence-corrected chi connectivity index (χ2v) is 4.33. The molecule has 0 fully saturated rings. The van der Waals surface area contributed by atoms with Gasteiger partial charge in [-0.3, -0.25) is 5.41 Å². The molecule has 0 amide bonds.